The predicted octanol–water partition coefficient (Wildman–Crippen LogP) is 4.52. The Morgan fingerprint density at radius 2 is 2.09 bits per heavy atom. The van der Waals surface area contributed by atoms with Crippen LogP contribution in [0.15, 0.2) is 42.6 Å². The highest BCUT2D eigenvalue weighted by atomic mass is 35.5. The summed E-state index contributed by atoms with van der Waals surface area (Å²) in [5.74, 6) is 0. The molecule has 0 saturated heterocycles. The first-order valence-electron chi connectivity index (χ1n) is 6.85. The summed E-state index contributed by atoms with van der Waals surface area (Å²) in [4.78, 5) is 15.2. The van der Waals surface area contributed by atoms with Gasteiger partial charge < -0.3 is 4.40 Å². The van der Waals surface area contributed by atoms with Crippen LogP contribution in [0.4, 0.5) is 5.69 Å². The third-order valence-corrected chi connectivity index (χ3v) is 3.73. The van der Waals surface area contributed by atoms with Gasteiger partial charge in [0.25, 0.3) is 5.69 Å². The maximum absolute atomic E-state index is 11.0. The van der Waals surface area contributed by atoms with Crippen molar-refractivity contribution in [1.82, 2.24) is 9.38 Å². The molecule has 0 saturated carbocycles. The zero-order chi connectivity index (χ0) is 15.9. The number of non-ortho nitro benzene ring substituents is 1. The number of nitro groups is 1. The predicted molar refractivity (Wildman–Crippen MR) is 86.3 cm³/mol. The standard InChI is InChI=1S/C16H14ClN3O2/c1-10-6-7-19-14(8-10)18-15(16(19)11(2)17)12-4-3-5-13(9-12)20(21)22/h3-9,11H,1-2H3. The van der Waals surface area contributed by atoms with E-state index in [0.717, 1.165) is 16.9 Å². The fourth-order valence-electron chi connectivity index (χ4n) is 2.52. The number of hydrogen-bond acceptors (Lipinski definition) is 3. The maximum atomic E-state index is 11.0. The van der Waals surface area contributed by atoms with Crippen LogP contribution in [0.3, 0.4) is 0 Å². The maximum Gasteiger partial charge on any atom is 0.270 e. The van der Waals surface area contributed by atoms with Gasteiger partial charge in [-0.05, 0) is 31.5 Å². The Morgan fingerprint density at radius 3 is 2.77 bits per heavy atom. The molecule has 0 aliphatic rings. The molecule has 22 heavy (non-hydrogen) atoms. The first kappa shape index (κ1) is 14.5. The summed E-state index contributed by atoms with van der Waals surface area (Å²) in [7, 11) is 0. The molecule has 0 fully saturated rings. The number of alkyl halides is 1. The van der Waals surface area contributed by atoms with Crippen LogP contribution in [-0.4, -0.2) is 14.3 Å². The van der Waals surface area contributed by atoms with Gasteiger partial charge in [0.2, 0.25) is 0 Å². The Labute approximate surface area is 132 Å². The summed E-state index contributed by atoms with van der Waals surface area (Å²) in [5.41, 5.74) is 4.12. The van der Waals surface area contributed by atoms with Crippen LogP contribution in [0.2, 0.25) is 0 Å². The zero-order valence-electron chi connectivity index (χ0n) is 12.2. The number of nitro benzene ring substituents is 1. The summed E-state index contributed by atoms with van der Waals surface area (Å²) in [6, 6.07) is 10.4. The van der Waals surface area contributed by atoms with Crippen LogP contribution in [0.1, 0.15) is 23.6 Å². The second-order valence-corrected chi connectivity index (χ2v) is 5.86. The number of benzene rings is 1. The molecule has 0 amide bonds. The first-order valence-corrected chi connectivity index (χ1v) is 7.28. The van der Waals surface area contributed by atoms with Crippen LogP contribution in [0, 0.1) is 17.0 Å². The molecular formula is C16H14ClN3O2. The molecule has 0 aliphatic heterocycles. The van der Waals surface area contributed by atoms with Crippen molar-refractivity contribution in [1.29, 1.82) is 0 Å². The minimum Gasteiger partial charge on any atom is -0.302 e. The van der Waals surface area contributed by atoms with Crippen LogP contribution in [-0.2, 0) is 0 Å². The van der Waals surface area contributed by atoms with Gasteiger partial charge in [0.05, 0.1) is 21.7 Å². The largest absolute Gasteiger partial charge is 0.302 e. The fourth-order valence-corrected chi connectivity index (χ4v) is 2.73. The van der Waals surface area contributed by atoms with Crippen molar-refractivity contribution in [3.63, 3.8) is 0 Å². The molecule has 2 aromatic heterocycles. The van der Waals surface area contributed by atoms with E-state index in [4.69, 9.17) is 11.6 Å². The van der Waals surface area contributed by atoms with Gasteiger partial charge in [0, 0.05) is 23.9 Å². The number of imidazole rings is 1. The minimum absolute atomic E-state index is 0.0407. The third kappa shape index (κ3) is 2.44. The molecule has 0 spiro atoms. The number of aryl methyl sites for hydroxylation is 1. The zero-order valence-corrected chi connectivity index (χ0v) is 12.9. The average Bonchev–Trinajstić information content (AvgIpc) is 2.85. The van der Waals surface area contributed by atoms with E-state index in [1.807, 2.05) is 42.6 Å². The van der Waals surface area contributed by atoms with Crippen molar-refractivity contribution in [3.8, 4) is 11.3 Å². The van der Waals surface area contributed by atoms with E-state index in [1.54, 1.807) is 6.07 Å². The summed E-state index contributed by atoms with van der Waals surface area (Å²) < 4.78 is 1.93. The summed E-state index contributed by atoms with van der Waals surface area (Å²) in [5, 5.41) is 10.7. The highest BCUT2D eigenvalue weighted by molar-refractivity contribution is 6.20. The lowest BCUT2D eigenvalue weighted by molar-refractivity contribution is -0.384. The summed E-state index contributed by atoms with van der Waals surface area (Å²) in [6.45, 7) is 3.86. The van der Waals surface area contributed by atoms with E-state index >= 15 is 0 Å². The molecule has 0 radical (unpaired) electrons. The number of aromatic nitrogens is 2. The molecule has 5 nitrogen and oxygen atoms in total. The second kappa shape index (κ2) is 5.42. The molecule has 3 aromatic rings. The number of hydrogen-bond donors (Lipinski definition) is 0. The van der Waals surface area contributed by atoms with Crippen molar-refractivity contribution in [2.24, 2.45) is 0 Å². The molecule has 2 heterocycles. The van der Waals surface area contributed by atoms with Gasteiger partial charge in [-0.15, -0.1) is 11.6 Å². The lowest BCUT2D eigenvalue weighted by Gasteiger charge is -2.07. The molecule has 112 valence electrons. The molecule has 0 bridgehead atoms. The fraction of sp³-hybridized carbons (Fsp3) is 0.188. The summed E-state index contributed by atoms with van der Waals surface area (Å²) in [6.07, 6.45) is 1.92. The van der Waals surface area contributed by atoms with E-state index in [2.05, 4.69) is 4.98 Å². The van der Waals surface area contributed by atoms with E-state index in [0.29, 0.717) is 11.3 Å². The summed E-state index contributed by atoms with van der Waals surface area (Å²) >= 11 is 6.33. The molecule has 1 aromatic carbocycles. The van der Waals surface area contributed by atoms with E-state index < -0.39 is 4.92 Å². The molecule has 0 N–H and O–H groups in total. The number of pyridine rings is 1. The van der Waals surface area contributed by atoms with Crippen LogP contribution >= 0.6 is 11.6 Å². The van der Waals surface area contributed by atoms with Gasteiger partial charge in [-0.2, -0.15) is 0 Å². The second-order valence-electron chi connectivity index (χ2n) is 5.20. The SMILES string of the molecule is Cc1ccn2c(C(C)Cl)c(-c3cccc([N+](=O)[O-])c3)nc2c1. The lowest BCUT2D eigenvalue weighted by atomic mass is 10.1. The van der Waals surface area contributed by atoms with Gasteiger partial charge in [0.1, 0.15) is 5.65 Å². The quantitative estimate of drug-likeness (QED) is 0.405. The Bertz CT molecular complexity index is 871. The Balaban J connectivity index is 2.28. The normalized spacial score (nSPS) is 12.5. The Hall–Kier alpha value is -2.40. The average molecular weight is 316 g/mol. The smallest absolute Gasteiger partial charge is 0.270 e. The topological polar surface area (TPSA) is 60.4 Å². The van der Waals surface area contributed by atoms with Gasteiger partial charge in [0.15, 0.2) is 0 Å². The lowest BCUT2D eigenvalue weighted by Crippen LogP contribution is -1.96. The highest BCUT2D eigenvalue weighted by Gasteiger charge is 2.19. The third-order valence-electron chi connectivity index (χ3n) is 3.53. The monoisotopic (exact) mass is 315 g/mol. The molecule has 1 atom stereocenters. The van der Waals surface area contributed by atoms with Crippen molar-refractivity contribution in [2.75, 3.05) is 0 Å². The van der Waals surface area contributed by atoms with Crippen LogP contribution in [0.5, 0.6) is 0 Å². The van der Waals surface area contributed by atoms with Crippen molar-refractivity contribution >= 4 is 22.9 Å². The van der Waals surface area contributed by atoms with Crippen LogP contribution < -0.4 is 0 Å². The number of fused-ring (bicyclic) bond motifs is 1. The molecule has 3 rings (SSSR count). The van der Waals surface area contributed by atoms with E-state index in [-0.39, 0.29) is 11.1 Å². The molecule has 0 aliphatic carbocycles. The number of halogens is 1. The van der Waals surface area contributed by atoms with Gasteiger partial charge in [-0.25, -0.2) is 4.98 Å². The van der Waals surface area contributed by atoms with Crippen molar-refractivity contribution in [3.05, 3.63) is 64.0 Å². The highest BCUT2D eigenvalue weighted by Crippen LogP contribution is 2.33. The molecular weight excluding hydrogens is 302 g/mol. The van der Waals surface area contributed by atoms with Crippen molar-refractivity contribution < 1.29 is 4.92 Å². The minimum atomic E-state index is -0.409. The van der Waals surface area contributed by atoms with E-state index in [9.17, 15) is 10.1 Å². The van der Waals surface area contributed by atoms with Crippen LogP contribution in [0.25, 0.3) is 16.9 Å². The van der Waals surface area contributed by atoms with Gasteiger partial charge in [-0.1, -0.05) is 12.1 Å². The van der Waals surface area contributed by atoms with Gasteiger partial charge in [-0.3, -0.25) is 10.1 Å². The Morgan fingerprint density at radius 1 is 1.32 bits per heavy atom. The van der Waals surface area contributed by atoms with Crippen molar-refractivity contribution in [2.45, 2.75) is 19.2 Å². The Kier molecular flexibility index (Phi) is 3.58. The molecule has 6 heteroatoms. The van der Waals surface area contributed by atoms with E-state index in [1.165, 1.54) is 12.1 Å². The number of nitrogens with zero attached hydrogens (tertiary/aromatic N) is 3. The van der Waals surface area contributed by atoms with Gasteiger partial charge >= 0.3 is 0 Å². The first-order chi connectivity index (χ1) is 10.5. The molecule has 1 unspecified atom stereocenters. The number of rotatable bonds is 3.